The van der Waals surface area contributed by atoms with E-state index in [9.17, 15) is 9.59 Å². The molecule has 0 N–H and O–H groups in total. The van der Waals surface area contributed by atoms with E-state index in [1.807, 2.05) is 31.2 Å². The zero-order valence-electron chi connectivity index (χ0n) is 18.5. The molecule has 0 unspecified atom stereocenters. The Kier molecular flexibility index (Phi) is 5.24. The van der Waals surface area contributed by atoms with Gasteiger partial charge in [-0.2, -0.15) is 0 Å². The highest BCUT2D eigenvalue weighted by molar-refractivity contribution is 6.32. The maximum absolute atomic E-state index is 13.8. The van der Waals surface area contributed by atoms with Crippen molar-refractivity contribution < 1.29 is 9.59 Å². The number of aryl methyl sites for hydroxylation is 2. The first-order valence-corrected chi connectivity index (χ1v) is 11.2. The van der Waals surface area contributed by atoms with Crippen LogP contribution in [0, 0.1) is 13.8 Å². The Morgan fingerprint density at radius 2 is 1.47 bits per heavy atom. The third-order valence-corrected chi connectivity index (χ3v) is 6.86. The number of hydrogen-bond donors (Lipinski definition) is 0. The number of carbonyl (C=O) groups excluding carboxylic acids is 2. The first-order valence-electron chi connectivity index (χ1n) is 11.2. The van der Waals surface area contributed by atoms with Crippen LogP contribution < -0.4 is 0 Å². The Labute approximate surface area is 188 Å². The summed E-state index contributed by atoms with van der Waals surface area (Å²) in [4.78, 5) is 36.7. The Bertz CT molecular complexity index is 1160. The number of rotatable bonds is 4. The van der Waals surface area contributed by atoms with Gasteiger partial charge in [-0.3, -0.25) is 24.4 Å². The van der Waals surface area contributed by atoms with E-state index in [2.05, 4.69) is 46.0 Å². The first kappa shape index (κ1) is 20.7. The van der Waals surface area contributed by atoms with Crippen molar-refractivity contribution in [2.24, 2.45) is 0 Å². The summed E-state index contributed by atoms with van der Waals surface area (Å²) in [7, 11) is 0. The molecule has 162 valence electrons. The molecule has 5 rings (SSSR count). The number of fused-ring (bicyclic) bond motifs is 1. The van der Waals surface area contributed by atoms with Crippen LogP contribution in [0.25, 0.3) is 0 Å². The highest BCUT2D eigenvalue weighted by Gasteiger charge is 2.59. The molecule has 1 aliphatic heterocycles. The molecular weight excluding hydrogens is 398 g/mol. The van der Waals surface area contributed by atoms with E-state index in [-0.39, 0.29) is 11.6 Å². The van der Waals surface area contributed by atoms with Gasteiger partial charge in [0.1, 0.15) is 0 Å². The molecule has 0 spiro atoms. The van der Waals surface area contributed by atoms with Crippen molar-refractivity contribution in [3.05, 3.63) is 100 Å². The average Bonchev–Trinajstić information content (AvgIpc) is 3.04. The predicted octanol–water partition coefficient (Wildman–Crippen LogP) is 3.79. The summed E-state index contributed by atoms with van der Waals surface area (Å²) in [6.07, 6.45) is 1.70. The van der Waals surface area contributed by atoms with Gasteiger partial charge in [-0.15, -0.1) is 0 Å². The van der Waals surface area contributed by atoms with Crippen LogP contribution in [0.4, 0.5) is 0 Å². The minimum Gasteiger partial charge on any atom is -0.297 e. The first-order chi connectivity index (χ1) is 15.5. The topological polar surface area (TPSA) is 53.5 Å². The second-order valence-corrected chi connectivity index (χ2v) is 8.82. The van der Waals surface area contributed by atoms with Gasteiger partial charge in [0.05, 0.1) is 5.69 Å². The number of carbonyl (C=O) groups is 2. The monoisotopic (exact) mass is 425 g/mol. The standard InChI is InChI=1S/C27H27N3O2/c1-19-11-12-28-24(17-19)27(25(31)22-9-5-6-10-23(22)26(27)32)30-15-13-29(14-16-30)18-21-8-4-3-7-20(21)2/h3-12,17H,13-16,18H2,1-2H3. The van der Waals surface area contributed by atoms with E-state index in [1.54, 1.807) is 18.3 Å². The molecule has 0 atom stereocenters. The summed E-state index contributed by atoms with van der Waals surface area (Å²) in [6, 6.07) is 19.4. The molecule has 2 aromatic carbocycles. The van der Waals surface area contributed by atoms with Gasteiger partial charge in [0.15, 0.2) is 17.1 Å². The van der Waals surface area contributed by atoms with Crippen LogP contribution in [-0.2, 0) is 12.1 Å². The summed E-state index contributed by atoms with van der Waals surface area (Å²) in [5, 5.41) is 0. The number of aromatic nitrogens is 1. The van der Waals surface area contributed by atoms with Gasteiger partial charge in [-0.05, 0) is 42.7 Å². The summed E-state index contributed by atoms with van der Waals surface area (Å²) in [5.41, 5.74) is 3.76. The van der Waals surface area contributed by atoms with E-state index < -0.39 is 5.54 Å². The second-order valence-electron chi connectivity index (χ2n) is 8.82. The zero-order valence-corrected chi connectivity index (χ0v) is 18.5. The minimum atomic E-state index is -1.37. The molecule has 2 heterocycles. The molecule has 32 heavy (non-hydrogen) atoms. The highest BCUT2D eigenvalue weighted by Crippen LogP contribution is 2.42. The summed E-state index contributed by atoms with van der Waals surface area (Å²) in [5.74, 6) is -0.299. The molecule has 3 aromatic rings. The lowest BCUT2D eigenvalue weighted by atomic mass is 9.85. The summed E-state index contributed by atoms with van der Waals surface area (Å²) >= 11 is 0. The Balaban J connectivity index is 1.48. The molecule has 5 heteroatoms. The number of benzene rings is 2. The second kappa shape index (κ2) is 8.08. The van der Waals surface area contributed by atoms with Crippen LogP contribution >= 0.6 is 0 Å². The number of pyridine rings is 1. The number of piperazine rings is 1. The van der Waals surface area contributed by atoms with Gasteiger partial charge in [0.25, 0.3) is 0 Å². The third-order valence-electron chi connectivity index (χ3n) is 6.86. The SMILES string of the molecule is Cc1ccnc(C2(N3CCN(Cc4ccccc4C)CC3)C(=O)c3ccccc3C2=O)c1. The Hall–Kier alpha value is -3.15. The number of ketones is 2. The van der Waals surface area contributed by atoms with E-state index >= 15 is 0 Å². The molecule has 2 aliphatic rings. The van der Waals surface area contributed by atoms with Gasteiger partial charge in [0.2, 0.25) is 0 Å². The van der Waals surface area contributed by atoms with Gasteiger partial charge < -0.3 is 0 Å². The highest BCUT2D eigenvalue weighted by atomic mass is 16.2. The van der Waals surface area contributed by atoms with Crippen molar-refractivity contribution in [2.45, 2.75) is 25.9 Å². The van der Waals surface area contributed by atoms with Crippen LogP contribution in [0.1, 0.15) is 43.1 Å². The zero-order chi connectivity index (χ0) is 22.3. The molecular formula is C27H27N3O2. The molecule has 1 aliphatic carbocycles. The van der Waals surface area contributed by atoms with Crippen LogP contribution in [0.3, 0.4) is 0 Å². The lowest BCUT2D eigenvalue weighted by Gasteiger charge is -2.43. The normalized spacial score (nSPS) is 18.7. The van der Waals surface area contributed by atoms with Gasteiger partial charge in [-0.1, -0.05) is 48.5 Å². The van der Waals surface area contributed by atoms with Crippen molar-refractivity contribution in [2.75, 3.05) is 26.2 Å². The fourth-order valence-corrected chi connectivity index (χ4v) is 5.06. The van der Waals surface area contributed by atoms with Crippen molar-refractivity contribution in [3.8, 4) is 0 Å². The fourth-order valence-electron chi connectivity index (χ4n) is 5.06. The van der Waals surface area contributed by atoms with Crippen molar-refractivity contribution in [1.82, 2.24) is 14.8 Å². The lowest BCUT2D eigenvalue weighted by Crippen LogP contribution is -2.60. The fraction of sp³-hybridized carbons (Fsp3) is 0.296. The maximum Gasteiger partial charge on any atom is 0.198 e. The van der Waals surface area contributed by atoms with E-state index in [4.69, 9.17) is 0 Å². The van der Waals surface area contributed by atoms with E-state index in [0.29, 0.717) is 29.9 Å². The lowest BCUT2D eigenvalue weighted by molar-refractivity contribution is 0.0266. The summed E-state index contributed by atoms with van der Waals surface area (Å²) < 4.78 is 0. The molecule has 1 saturated heterocycles. The van der Waals surface area contributed by atoms with Gasteiger partial charge in [-0.25, -0.2) is 0 Å². The van der Waals surface area contributed by atoms with Gasteiger partial charge >= 0.3 is 0 Å². The van der Waals surface area contributed by atoms with E-state index in [0.717, 1.165) is 25.2 Å². The largest absolute Gasteiger partial charge is 0.297 e. The quantitative estimate of drug-likeness (QED) is 0.596. The van der Waals surface area contributed by atoms with Crippen molar-refractivity contribution in [3.63, 3.8) is 0 Å². The smallest absolute Gasteiger partial charge is 0.198 e. The molecule has 1 aromatic heterocycles. The molecule has 0 bridgehead atoms. The summed E-state index contributed by atoms with van der Waals surface area (Å²) in [6.45, 7) is 7.82. The van der Waals surface area contributed by atoms with Gasteiger partial charge in [0, 0.05) is 50.0 Å². The van der Waals surface area contributed by atoms with Crippen molar-refractivity contribution in [1.29, 1.82) is 0 Å². The molecule has 0 radical (unpaired) electrons. The number of hydrogen-bond acceptors (Lipinski definition) is 5. The van der Waals surface area contributed by atoms with Crippen molar-refractivity contribution >= 4 is 11.6 Å². The molecule has 5 nitrogen and oxygen atoms in total. The van der Waals surface area contributed by atoms with Crippen LogP contribution in [0.2, 0.25) is 0 Å². The van der Waals surface area contributed by atoms with Crippen LogP contribution in [0.5, 0.6) is 0 Å². The molecule has 1 fully saturated rings. The Morgan fingerprint density at radius 1 is 0.844 bits per heavy atom. The molecule has 0 amide bonds. The number of nitrogens with zero attached hydrogens (tertiary/aromatic N) is 3. The number of Topliss-reactive ketones (excluding diaryl/α,β-unsaturated/α-hetero) is 2. The van der Waals surface area contributed by atoms with Crippen LogP contribution in [-0.4, -0.2) is 52.5 Å². The van der Waals surface area contributed by atoms with E-state index in [1.165, 1.54) is 11.1 Å². The van der Waals surface area contributed by atoms with Crippen LogP contribution in [0.15, 0.2) is 66.9 Å². The Morgan fingerprint density at radius 3 is 2.09 bits per heavy atom. The predicted molar refractivity (Wildman–Crippen MR) is 124 cm³/mol. The third kappa shape index (κ3) is 3.20. The molecule has 0 saturated carbocycles. The maximum atomic E-state index is 13.8. The minimum absolute atomic E-state index is 0.149. The average molecular weight is 426 g/mol.